The fourth-order valence-corrected chi connectivity index (χ4v) is 1.04. The van der Waals surface area contributed by atoms with Gasteiger partial charge in [-0.05, 0) is 19.1 Å². The molecule has 0 unspecified atom stereocenters. The number of benzene rings is 1. The first-order valence-corrected chi connectivity index (χ1v) is 4.77. The highest BCUT2D eigenvalue weighted by Crippen LogP contribution is 2.19. The van der Waals surface area contributed by atoms with Crippen LogP contribution in [0.2, 0.25) is 0 Å². The van der Waals surface area contributed by atoms with Crippen molar-refractivity contribution >= 4 is 5.97 Å². The minimum absolute atomic E-state index is 0.0796. The second-order valence-electron chi connectivity index (χ2n) is 2.92. The summed E-state index contributed by atoms with van der Waals surface area (Å²) in [6, 6.07) is 4.03. The van der Waals surface area contributed by atoms with E-state index in [0.29, 0.717) is 6.61 Å². The summed E-state index contributed by atoms with van der Waals surface area (Å²) in [5, 5.41) is 9.27. The van der Waals surface area contributed by atoms with Crippen molar-refractivity contribution in [3.8, 4) is 17.6 Å². The van der Waals surface area contributed by atoms with Crippen LogP contribution >= 0.6 is 0 Å². The van der Waals surface area contributed by atoms with E-state index in [0.717, 1.165) is 6.07 Å². The number of carbonyl (C=O) groups excluding carboxylic acids is 1. The number of ether oxygens (including phenoxy) is 1. The van der Waals surface area contributed by atoms with E-state index in [9.17, 15) is 14.3 Å². The minimum Gasteiger partial charge on any atom is -0.504 e. The van der Waals surface area contributed by atoms with E-state index < -0.39 is 17.5 Å². The van der Waals surface area contributed by atoms with Crippen LogP contribution in [0.3, 0.4) is 0 Å². The number of carbonyl (C=O) groups is 1. The van der Waals surface area contributed by atoms with Crippen LogP contribution in [0.1, 0.15) is 18.9 Å². The monoisotopic (exact) mass is 222 g/mol. The molecular formula is C12H11FO3. The van der Waals surface area contributed by atoms with Gasteiger partial charge in [-0.15, -0.1) is 0 Å². The quantitative estimate of drug-likeness (QED) is 0.613. The predicted molar refractivity (Wildman–Crippen MR) is 56.2 cm³/mol. The zero-order valence-corrected chi connectivity index (χ0v) is 8.79. The molecule has 0 saturated carbocycles. The van der Waals surface area contributed by atoms with Crippen LogP contribution in [0.15, 0.2) is 18.2 Å². The fourth-order valence-electron chi connectivity index (χ4n) is 1.04. The molecule has 0 bridgehead atoms. The average molecular weight is 222 g/mol. The standard InChI is InChI=1S/C12H11FO3/c1-2-16-11(14)8-4-6-9-5-3-7-10(13)12(9)15/h3,5,7,15H,2,8H2,1H3. The molecule has 0 radical (unpaired) electrons. The minimum atomic E-state index is -0.733. The normalized spacial score (nSPS) is 9.12. The maximum atomic E-state index is 12.9. The maximum absolute atomic E-state index is 12.9. The highest BCUT2D eigenvalue weighted by Gasteiger charge is 2.03. The molecule has 0 aromatic heterocycles. The van der Waals surface area contributed by atoms with Gasteiger partial charge < -0.3 is 9.84 Å². The summed E-state index contributed by atoms with van der Waals surface area (Å²) >= 11 is 0. The highest BCUT2D eigenvalue weighted by atomic mass is 19.1. The first-order chi connectivity index (χ1) is 7.65. The fraction of sp³-hybridized carbons (Fsp3) is 0.250. The summed E-state index contributed by atoms with van der Waals surface area (Å²) in [5.74, 6) is 3.33. The average Bonchev–Trinajstić information content (AvgIpc) is 2.25. The summed E-state index contributed by atoms with van der Waals surface area (Å²) in [6.07, 6.45) is -0.0796. The number of phenols is 1. The Morgan fingerprint density at radius 1 is 1.56 bits per heavy atom. The number of rotatable bonds is 2. The summed E-state index contributed by atoms with van der Waals surface area (Å²) in [7, 11) is 0. The Balaban J connectivity index is 2.70. The Morgan fingerprint density at radius 2 is 2.31 bits per heavy atom. The van der Waals surface area contributed by atoms with Crippen molar-refractivity contribution in [1.82, 2.24) is 0 Å². The van der Waals surface area contributed by atoms with Crippen LogP contribution in [0.4, 0.5) is 4.39 Å². The number of phenolic OH excluding ortho intramolecular Hbond substituents is 1. The third kappa shape index (κ3) is 3.28. The van der Waals surface area contributed by atoms with E-state index in [2.05, 4.69) is 16.6 Å². The predicted octanol–water partition coefficient (Wildman–Crippen LogP) is 1.84. The number of esters is 1. The van der Waals surface area contributed by atoms with Gasteiger partial charge in [0.15, 0.2) is 11.6 Å². The molecule has 0 aliphatic heterocycles. The summed E-state index contributed by atoms with van der Waals surface area (Å²) in [4.78, 5) is 10.9. The summed E-state index contributed by atoms with van der Waals surface area (Å²) in [5.41, 5.74) is 0.157. The topological polar surface area (TPSA) is 46.5 Å². The van der Waals surface area contributed by atoms with Crippen LogP contribution in [0.5, 0.6) is 5.75 Å². The number of hydrogen-bond acceptors (Lipinski definition) is 3. The summed E-state index contributed by atoms with van der Waals surface area (Å²) in [6.45, 7) is 2.00. The molecule has 0 spiro atoms. The van der Waals surface area contributed by atoms with Crippen molar-refractivity contribution in [2.75, 3.05) is 6.61 Å². The SMILES string of the molecule is CCOC(=O)CC#Cc1cccc(F)c1O. The third-order valence-electron chi connectivity index (χ3n) is 1.75. The third-order valence-corrected chi connectivity index (χ3v) is 1.75. The zero-order valence-electron chi connectivity index (χ0n) is 8.79. The molecule has 1 rings (SSSR count). The largest absolute Gasteiger partial charge is 0.504 e. The molecule has 4 heteroatoms. The lowest BCUT2D eigenvalue weighted by Gasteiger charge is -1.97. The Morgan fingerprint density at radius 3 is 3.00 bits per heavy atom. The van der Waals surface area contributed by atoms with Gasteiger partial charge in [0, 0.05) is 0 Å². The van der Waals surface area contributed by atoms with E-state index in [4.69, 9.17) is 0 Å². The van der Waals surface area contributed by atoms with E-state index in [-0.39, 0.29) is 12.0 Å². The van der Waals surface area contributed by atoms with Crippen molar-refractivity contribution in [3.63, 3.8) is 0 Å². The molecule has 0 fully saturated rings. The highest BCUT2D eigenvalue weighted by molar-refractivity contribution is 5.72. The number of hydrogen-bond donors (Lipinski definition) is 1. The molecule has 84 valence electrons. The Labute approximate surface area is 92.9 Å². The van der Waals surface area contributed by atoms with Crippen LogP contribution in [-0.2, 0) is 9.53 Å². The Hall–Kier alpha value is -2.02. The molecule has 16 heavy (non-hydrogen) atoms. The van der Waals surface area contributed by atoms with E-state index in [1.807, 2.05) is 0 Å². The molecule has 0 amide bonds. The first kappa shape index (κ1) is 12.1. The first-order valence-electron chi connectivity index (χ1n) is 4.77. The van der Waals surface area contributed by atoms with Crippen molar-refractivity contribution in [2.45, 2.75) is 13.3 Å². The lowest BCUT2D eigenvalue weighted by Crippen LogP contribution is -2.01. The molecule has 3 nitrogen and oxygen atoms in total. The number of para-hydroxylation sites is 1. The van der Waals surface area contributed by atoms with Crippen LogP contribution in [0.25, 0.3) is 0 Å². The van der Waals surface area contributed by atoms with Crippen LogP contribution in [0, 0.1) is 17.7 Å². The van der Waals surface area contributed by atoms with Crippen molar-refractivity contribution in [2.24, 2.45) is 0 Å². The molecule has 0 aliphatic carbocycles. The van der Waals surface area contributed by atoms with Gasteiger partial charge in [0.2, 0.25) is 0 Å². The van der Waals surface area contributed by atoms with Crippen LogP contribution < -0.4 is 0 Å². The lowest BCUT2D eigenvalue weighted by atomic mass is 10.2. The van der Waals surface area contributed by atoms with Gasteiger partial charge in [-0.2, -0.15) is 0 Å². The number of halogens is 1. The lowest BCUT2D eigenvalue weighted by molar-refractivity contribution is -0.141. The van der Waals surface area contributed by atoms with Crippen molar-refractivity contribution in [3.05, 3.63) is 29.6 Å². The molecule has 1 aromatic carbocycles. The molecule has 1 aromatic rings. The maximum Gasteiger partial charge on any atom is 0.317 e. The molecular weight excluding hydrogens is 211 g/mol. The van der Waals surface area contributed by atoms with Crippen molar-refractivity contribution in [1.29, 1.82) is 0 Å². The zero-order chi connectivity index (χ0) is 12.0. The van der Waals surface area contributed by atoms with Crippen LogP contribution in [-0.4, -0.2) is 17.7 Å². The summed E-state index contributed by atoms with van der Waals surface area (Å²) < 4.78 is 17.5. The van der Waals surface area contributed by atoms with Gasteiger partial charge in [-0.25, -0.2) is 4.39 Å². The molecule has 0 saturated heterocycles. The molecule has 0 atom stereocenters. The second-order valence-corrected chi connectivity index (χ2v) is 2.92. The van der Waals surface area contributed by atoms with E-state index in [1.54, 1.807) is 6.92 Å². The van der Waals surface area contributed by atoms with Gasteiger partial charge >= 0.3 is 5.97 Å². The molecule has 1 N–H and O–H groups in total. The van der Waals surface area contributed by atoms with Gasteiger partial charge in [0.05, 0.1) is 12.2 Å². The van der Waals surface area contributed by atoms with Crippen molar-refractivity contribution < 1.29 is 19.0 Å². The smallest absolute Gasteiger partial charge is 0.317 e. The van der Waals surface area contributed by atoms with Gasteiger partial charge in [-0.1, -0.05) is 17.9 Å². The molecule has 0 heterocycles. The molecule has 0 aliphatic rings. The van der Waals surface area contributed by atoms with Gasteiger partial charge in [0.1, 0.15) is 6.42 Å². The van der Waals surface area contributed by atoms with Gasteiger partial charge in [0.25, 0.3) is 0 Å². The van der Waals surface area contributed by atoms with Gasteiger partial charge in [-0.3, -0.25) is 4.79 Å². The number of aromatic hydroxyl groups is 1. The van der Waals surface area contributed by atoms with E-state index in [1.165, 1.54) is 12.1 Å². The Bertz CT molecular complexity index is 443. The Kier molecular flexibility index (Phi) is 4.34. The van der Waals surface area contributed by atoms with E-state index >= 15 is 0 Å². The second kappa shape index (κ2) is 5.76.